The number of Topliss-reactive ketones (excluding diaryl/α,β-unsaturated/α-hetero) is 1. The molecule has 1 unspecified atom stereocenters. The molecule has 1 atom stereocenters. The lowest BCUT2D eigenvalue weighted by molar-refractivity contribution is -0.139. The van der Waals surface area contributed by atoms with E-state index in [0.717, 1.165) is 0 Å². The molecule has 0 saturated carbocycles. The Balaban J connectivity index is 2.28. The number of amides is 1. The van der Waals surface area contributed by atoms with Gasteiger partial charge in [0, 0.05) is 12.1 Å². The number of para-hydroxylation sites is 1. The van der Waals surface area contributed by atoms with Crippen LogP contribution in [0.3, 0.4) is 0 Å². The number of aliphatic hydroxyl groups excluding tert-OH is 1. The SMILES string of the molecule is CCCN1C(=O)C(=O)/C(=C(/O)c2cc(OC)ccc2OC)C1c1ccccc1OC(C)C. The lowest BCUT2D eigenvalue weighted by Crippen LogP contribution is -2.30. The van der Waals surface area contributed by atoms with Crippen molar-refractivity contribution < 1.29 is 28.9 Å². The Hall–Kier alpha value is -3.48. The Labute approximate surface area is 188 Å². The Kier molecular flexibility index (Phi) is 7.08. The van der Waals surface area contributed by atoms with E-state index in [1.165, 1.54) is 19.1 Å². The number of ether oxygens (including phenoxy) is 3. The van der Waals surface area contributed by atoms with Gasteiger partial charge in [-0.15, -0.1) is 0 Å². The molecule has 1 aliphatic heterocycles. The summed E-state index contributed by atoms with van der Waals surface area (Å²) in [5.74, 6) is -0.323. The van der Waals surface area contributed by atoms with Crippen LogP contribution in [0.1, 0.15) is 44.4 Å². The van der Waals surface area contributed by atoms with E-state index in [1.54, 1.807) is 24.3 Å². The van der Waals surface area contributed by atoms with E-state index < -0.39 is 17.7 Å². The molecule has 1 aliphatic rings. The minimum atomic E-state index is -0.791. The number of hydrogen-bond acceptors (Lipinski definition) is 6. The second kappa shape index (κ2) is 9.77. The molecule has 0 radical (unpaired) electrons. The van der Waals surface area contributed by atoms with Crippen molar-refractivity contribution in [2.45, 2.75) is 39.3 Å². The minimum absolute atomic E-state index is 0.00481. The van der Waals surface area contributed by atoms with Gasteiger partial charge in [0.2, 0.25) is 0 Å². The van der Waals surface area contributed by atoms with Crippen LogP contribution in [0, 0.1) is 0 Å². The number of aliphatic hydroxyl groups is 1. The molecule has 0 aliphatic carbocycles. The van der Waals surface area contributed by atoms with Gasteiger partial charge in [0.25, 0.3) is 11.7 Å². The Morgan fingerprint density at radius 3 is 2.41 bits per heavy atom. The summed E-state index contributed by atoms with van der Waals surface area (Å²) >= 11 is 0. The van der Waals surface area contributed by atoms with Crippen LogP contribution < -0.4 is 14.2 Å². The highest BCUT2D eigenvalue weighted by atomic mass is 16.5. The van der Waals surface area contributed by atoms with Gasteiger partial charge < -0.3 is 24.2 Å². The van der Waals surface area contributed by atoms with Gasteiger partial charge >= 0.3 is 0 Å². The Morgan fingerprint density at radius 2 is 1.78 bits per heavy atom. The second-order valence-electron chi connectivity index (χ2n) is 7.76. The van der Waals surface area contributed by atoms with Crippen LogP contribution in [0.4, 0.5) is 0 Å². The van der Waals surface area contributed by atoms with Crippen molar-refractivity contribution in [2.24, 2.45) is 0 Å². The van der Waals surface area contributed by atoms with Gasteiger partial charge in [-0.2, -0.15) is 0 Å². The molecule has 2 aromatic rings. The van der Waals surface area contributed by atoms with Crippen molar-refractivity contribution in [3.8, 4) is 17.2 Å². The minimum Gasteiger partial charge on any atom is -0.507 e. The molecule has 7 heteroatoms. The second-order valence-corrected chi connectivity index (χ2v) is 7.76. The van der Waals surface area contributed by atoms with E-state index in [0.29, 0.717) is 35.8 Å². The zero-order valence-electron chi connectivity index (χ0n) is 19.0. The number of ketones is 1. The highest BCUT2D eigenvalue weighted by molar-refractivity contribution is 6.46. The van der Waals surface area contributed by atoms with Crippen LogP contribution in [-0.4, -0.2) is 48.6 Å². The summed E-state index contributed by atoms with van der Waals surface area (Å²) in [7, 11) is 2.98. The molecular formula is C25H29NO6. The van der Waals surface area contributed by atoms with Crippen LogP contribution >= 0.6 is 0 Å². The molecule has 1 N–H and O–H groups in total. The van der Waals surface area contributed by atoms with Gasteiger partial charge in [-0.1, -0.05) is 25.1 Å². The van der Waals surface area contributed by atoms with Crippen molar-refractivity contribution in [1.82, 2.24) is 4.90 Å². The molecule has 1 saturated heterocycles. The highest BCUT2D eigenvalue weighted by Crippen LogP contribution is 2.44. The first-order chi connectivity index (χ1) is 15.3. The molecule has 0 aromatic heterocycles. The van der Waals surface area contributed by atoms with Crippen molar-refractivity contribution >= 4 is 17.4 Å². The lowest BCUT2D eigenvalue weighted by Gasteiger charge is -2.27. The number of carbonyl (C=O) groups excluding carboxylic acids is 2. The third kappa shape index (κ3) is 4.28. The predicted octanol–water partition coefficient (Wildman–Crippen LogP) is 4.32. The summed E-state index contributed by atoms with van der Waals surface area (Å²) in [6.45, 7) is 6.09. The lowest BCUT2D eigenvalue weighted by atomic mass is 9.94. The summed E-state index contributed by atoms with van der Waals surface area (Å²) in [6.07, 6.45) is 0.544. The highest BCUT2D eigenvalue weighted by Gasteiger charge is 2.47. The maximum atomic E-state index is 13.2. The van der Waals surface area contributed by atoms with Crippen LogP contribution in [-0.2, 0) is 9.59 Å². The van der Waals surface area contributed by atoms with Gasteiger partial charge in [0.15, 0.2) is 0 Å². The fourth-order valence-electron chi connectivity index (χ4n) is 3.89. The van der Waals surface area contributed by atoms with E-state index in [1.807, 2.05) is 39.0 Å². The number of carbonyl (C=O) groups is 2. The number of rotatable bonds is 8. The van der Waals surface area contributed by atoms with Gasteiger partial charge in [-0.3, -0.25) is 9.59 Å². The normalized spacial score (nSPS) is 17.7. The fourth-order valence-corrected chi connectivity index (χ4v) is 3.89. The van der Waals surface area contributed by atoms with Crippen molar-refractivity contribution in [3.63, 3.8) is 0 Å². The average molecular weight is 440 g/mol. The summed E-state index contributed by atoms with van der Waals surface area (Å²) in [4.78, 5) is 27.6. The van der Waals surface area contributed by atoms with E-state index in [2.05, 4.69) is 0 Å². The van der Waals surface area contributed by atoms with Gasteiger partial charge in [0.1, 0.15) is 23.0 Å². The molecular weight excluding hydrogens is 410 g/mol. The fraction of sp³-hybridized carbons (Fsp3) is 0.360. The zero-order valence-corrected chi connectivity index (χ0v) is 19.0. The molecule has 0 spiro atoms. The molecule has 1 fully saturated rings. The third-order valence-electron chi connectivity index (χ3n) is 5.24. The summed E-state index contributed by atoms with van der Waals surface area (Å²) in [6, 6.07) is 11.4. The molecule has 1 amide bonds. The summed E-state index contributed by atoms with van der Waals surface area (Å²) in [5, 5.41) is 11.3. The van der Waals surface area contributed by atoms with E-state index in [4.69, 9.17) is 14.2 Å². The standard InChI is InChI=1S/C25H29NO6/c1-6-13-26-22(17-9-7-8-10-20(17)32-15(2)3)21(24(28)25(26)29)23(27)18-14-16(30-4)11-12-19(18)31-5/h7-12,14-15,22,27H,6,13H2,1-5H3/b23-21+. The first-order valence-corrected chi connectivity index (χ1v) is 10.6. The van der Waals surface area contributed by atoms with Gasteiger partial charge in [0.05, 0.1) is 37.5 Å². The number of methoxy groups -OCH3 is 2. The number of likely N-dealkylation sites (tertiary alicyclic amines) is 1. The summed E-state index contributed by atoms with van der Waals surface area (Å²) < 4.78 is 16.6. The molecule has 2 aromatic carbocycles. The van der Waals surface area contributed by atoms with E-state index in [-0.39, 0.29) is 23.0 Å². The quantitative estimate of drug-likeness (QED) is 0.375. The topological polar surface area (TPSA) is 85.3 Å². The maximum absolute atomic E-state index is 13.2. The third-order valence-corrected chi connectivity index (χ3v) is 5.24. The smallest absolute Gasteiger partial charge is 0.295 e. The van der Waals surface area contributed by atoms with Crippen molar-refractivity contribution in [3.05, 3.63) is 59.2 Å². The molecule has 7 nitrogen and oxygen atoms in total. The van der Waals surface area contributed by atoms with E-state index >= 15 is 0 Å². The van der Waals surface area contributed by atoms with Gasteiger partial charge in [-0.25, -0.2) is 0 Å². The average Bonchev–Trinajstić information content (AvgIpc) is 3.03. The van der Waals surface area contributed by atoms with Crippen LogP contribution in [0.25, 0.3) is 5.76 Å². The van der Waals surface area contributed by atoms with E-state index in [9.17, 15) is 14.7 Å². The van der Waals surface area contributed by atoms with Crippen LogP contribution in [0.2, 0.25) is 0 Å². The number of nitrogens with zero attached hydrogens (tertiary/aromatic N) is 1. The Morgan fingerprint density at radius 1 is 1.06 bits per heavy atom. The number of benzene rings is 2. The van der Waals surface area contributed by atoms with Crippen molar-refractivity contribution in [2.75, 3.05) is 20.8 Å². The summed E-state index contributed by atoms with van der Waals surface area (Å²) in [5.41, 5.74) is 0.903. The van der Waals surface area contributed by atoms with Crippen LogP contribution in [0.5, 0.6) is 17.2 Å². The predicted molar refractivity (Wildman–Crippen MR) is 121 cm³/mol. The molecule has 1 heterocycles. The maximum Gasteiger partial charge on any atom is 0.295 e. The molecule has 3 rings (SSSR count). The molecule has 170 valence electrons. The Bertz CT molecular complexity index is 1040. The van der Waals surface area contributed by atoms with Crippen LogP contribution in [0.15, 0.2) is 48.0 Å². The molecule has 32 heavy (non-hydrogen) atoms. The number of hydrogen-bond donors (Lipinski definition) is 1. The first-order valence-electron chi connectivity index (χ1n) is 10.6. The van der Waals surface area contributed by atoms with Gasteiger partial charge in [-0.05, 0) is 44.5 Å². The zero-order chi connectivity index (χ0) is 23.4. The first kappa shape index (κ1) is 23.2. The largest absolute Gasteiger partial charge is 0.507 e. The monoisotopic (exact) mass is 439 g/mol. The van der Waals surface area contributed by atoms with Crippen molar-refractivity contribution in [1.29, 1.82) is 0 Å². The molecule has 0 bridgehead atoms.